The third kappa shape index (κ3) is 3.16. The van der Waals surface area contributed by atoms with Crippen LogP contribution < -0.4 is 20.1 Å². The highest BCUT2D eigenvalue weighted by Crippen LogP contribution is 2.32. The summed E-state index contributed by atoms with van der Waals surface area (Å²) in [6, 6.07) is 5.57. The van der Waals surface area contributed by atoms with Gasteiger partial charge in [-0.05, 0) is 26.0 Å². The van der Waals surface area contributed by atoms with Crippen LogP contribution in [0.15, 0.2) is 18.2 Å². The molecule has 0 aliphatic heterocycles. The Labute approximate surface area is 124 Å². The zero-order valence-corrected chi connectivity index (χ0v) is 12.9. The van der Waals surface area contributed by atoms with Gasteiger partial charge in [0.25, 0.3) is 0 Å². The molecule has 0 bridgehead atoms. The van der Waals surface area contributed by atoms with Gasteiger partial charge in [-0.1, -0.05) is 0 Å². The average Bonchev–Trinajstić information content (AvgIpc) is 2.50. The molecule has 0 aliphatic carbocycles. The van der Waals surface area contributed by atoms with E-state index in [0.717, 1.165) is 34.4 Å². The van der Waals surface area contributed by atoms with Crippen molar-refractivity contribution in [1.29, 1.82) is 0 Å². The maximum Gasteiger partial charge on any atom is 0.142 e. The normalized spacial score (nSPS) is 10.1. The van der Waals surface area contributed by atoms with Crippen LogP contribution in [0.25, 0.3) is 0 Å². The molecule has 0 amide bonds. The maximum atomic E-state index is 5.37. The Morgan fingerprint density at radius 1 is 1.00 bits per heavy atom. The topological polar surface area (TPSA) is 68.3 Å². The van der Waals surface area contributed by atoms with Crippen LogP contribution in [0.3, 0.4) is 0 Å². The Morgan fingerprint density at radius 3 is 2.33 bits per heavy atom. The summed E-state index contributed by atoms with van der Waals surface area (Å²) < 4.78 is 10.6. The lowest BCUT2D eigenvalue weighted by molar-refractivity contribution is 0.405. The molecule has 2 aromatic rings. The van der Waals surface area contributed by atoms with Crippen molar-refractivity contribution in [2.24, 2.45) is 0 Å². The number of benzene rings is 1. The summed E-state index contributed by atoms with van der Waals surface area (Å²) >= 11 is 0. The Balaban J connectivity index is 2.44. The Hall–Kier alpha value is -2.50. The zero-order valence-electron chi connectivity index (χ0n) is 12.9. The lowest BCUT2D eigenvalue weighted by Gasteiger charge is -2.15. The van der Waals surface area contributed by atoms with Crippen LogP contribution in [-0.2, 0) is 0 Å². The quantitative estimate of drug-likeness (QED) is 0.881. The number of nitrogens with zero attached hydrogens (tertiary/aromatic N) is 2. The molecule has 112 valence electrons. The Bertz CT molecular complexity index is 644. The second kappa shape index (κ2) is 6.30. The molecule has 1 aromatic carbocycles. The van der Waals surface area contributed by atoms with Crippen LogP contribution in [0.5, 0.6) is 11.5 Å². The van der Waals surface area contributed by atoms with E-state index in [2.05, 4.69) is 20.6 Å². The van der Waals surface area contributed by atoms with Crippen LogP contribution in [0.1, 0.15) is 11.4 Å². The van der Waals surface area contributed by atoms with Gasteiger partial charge in [0.1, 0.15) is 29.0 Å². The van der Waals surface area contributed by atoms with Crippen molar-refractivity contribution in [3.8, 4) is 11.5 Å². The fourth-order valence-corrected chi connectivity index (χ4v) is 2.03. The van der Waals surface area contributed by atoms with Gasteiger partial charge in [0.05, 0.1) is 19.9 Å². The molecular formula is C15H20N4O2. The van der Waals surface area contributed by atoms with Crippen molar-refractivity contribution in [3.63, 3.8) is 0 Å². The van der Waals surface area contributed by atoms with Gasteiger partial charge in [0.2, 0.25) is 0 Å². The molecule has 0 radical (unpaired) electrons. The molecule has 0 spiro atoms. The molecule has 0 unspecified atom stereocenters. The van der Waals surface area contributed by atoms with Gasteiger partial charge < -0.3 is 20.1 Å². The number of hydrogen-bond acceptors (Lipinski definition) is 6. The van der Waals surface area contributed by atoms with Crippen molar-refractivity contribution in [2.45, 2.75) is 13.8 Å². The van der Waals surface area contributed by atoms with Crippen LogP contribution in [0.2, 0.25) is 0 Å². The van der Waals surface area contributed by atoms with E-state index < -0.39 is 0 Å². The summed E-state index contributed by atoms with van der Waals surface area (Å²) in [5.74, 6) is 3.69. The number of aryl methyl sites for hydroxylation is 1. The predicted octanol–water partition coefficient (Wildman–Crippen LogP) is 2.90. The van der Waals surface area contributed by atoms with Crippen LogP contribution in [0.4, 0.5) is 17.3 Å². The third-order valence-corrected chi connectivity index (χ3v) is 3.15. The third-order valence-electron chi connectivity index (χ3n) is 3.15. The van der Waals surface area contributed by atoms with Gasteiger partial charge in [-0.2, -0.15) is 0 Å². The summed E-state index contributed by atoms with van der Waals surface area (Å²) in [5, 5.41) is 6.35. The highest BCUT2D eigenvalue weighted by molar-refractivity contribution is 5.70. The number of methoxy groups -OCH3 is 2. The molecule has 6 heteroatoms. The van der Waals surface area contributed by atoms with Gasteiger partial charge in [-0.15, -0.1) is 0 Å². The van der Waals surface area contributed by atoms with Gasteiger partial charge >= 0.3 is 0 Å². The minimum absolute atomic E-state index is 0.689. The van der Waals surface area contributed by atoms with Crippen molar-refractivity contribution >= 4 is 17.3 Å². The van der Waals surface area contributed by atoms with Crippen LogP contribution >= 0.6 is 0 Å². The van der Waals surface area contributed by atoms with Gasteiger partial charge in [-0.3, -0.25) is 0 Å². The molecule has 0 atom stereocenters. The minimum Gasteiger partial charge on any atom is -0.497 e. The number of anilines is 3. The van der Waals surface area contributed by atoms with E-state index in [1.165, 1.54) is 0 Å². The van der Waals surface area contributed by atoms with E-state index in [4.69, 9.17) is 9.47 Å². The molecule has 21 heavy (non-hydrogen) atoms. The summed E-state index contributed by atoms with van der Waals surface area (Å²) in [6.45, 7) is 3.81. The first-order valence-electron chi connectivity index (χ1n) is 6.61. The SMILES string of the molecule is CNc1nc(C)nc(Nc2cc(OC)ccc2OC)c1C. The molecule has 0 saturated carbocycles. The number of ether oxygens (including phenoxy) is 2. The van der Waals surface area contributed by atoms with E-state index in [1.807, 2.05) is 39.1 Å². The van der Waals surface area contributed by atoms with E-state index in [0.29, 0.717) is 5.82 Å². The molecule has 1 heterocycles. The molecular weight excluding hydrogens is 268 g/mol. The minimum atomic E-state index is 0.689. The highest BCUT2D eigenvalue weighted by Gasteiger charge is 2.11. The van der Waals surface area contributed by atoms with Gasteiger partial charge in [0, 0.05) is 18.7 Å². The summed E-state index contributed by atoms with van der Waals surface area (Å²) in [7, 11) is 5.10. The number of nitrogens with one attached hydrogen (secondary N) is 2. The first kappa shape index (κ1) is 14.9. The second-order valence-electron chi connectivity index (χ2n) is 4.53. The largest absolute Gasteiger partial charge is 0.497 e. The first-order chi connectivity index (χ1) is 10.1. The molecule has 6 nitrogen and oxygen atoms in total. The smallest absolute Gasteiger partial charge is 0.142 e. The summed E-state index contributed by atoms with van der Waals surface area (Å²) in [6.07, 6.45) is 0. The monoisotopic (exact) mass is 288 g/mol. The molecule has 2 N–H and O–H groups in total. The number of hydrogen-bond donors (Lipinski definition) is 2. The zero-order chi connectivity index (χ0) is 15.4. The standard InChI is InChI=1S/C15H20N4O2/c1-9-14(16-3)17-10(2)18-15(9)19-12-8-11(20-4)6-7-13(12)21-5/h6-8H,1-5H3,(H2,16,17,18,19). The van der Waals surface area contributed by atoms with Crippen molar-refractivity contribution in [2.75, 3.05) is 31.9 Å². The lowest BCUT2D eigenvalue weighted by Crippen LogP contribution is -2.06. The fourth-order valence-electron chi connectivity index (χ4n) is 2.03. The molecule has 0 saturated heterocycles. The van der Waals surface area contributed by atoms with Gasteiger partial charge in [0.15, 0.2) is 0 Å². The van der Waals surface area contributed by atoms with E-state index in [-0.39, 0.29) is 0 Å². The van der Waals surface area contributed by atoms with Crippen LogP contribution in [-0.4, -0.2) is 31.2 Å². The Morgan fingerprint density at radius 2 is 1.71 bits per heavy atom. The van der Waals surface area contributed by atoms with E-state index in [1.54, 1.807) is 14.2 Å². The molecule has 0 aliphatic rings. The predicted molar refractivity (Wildman–Crippen MR) is 83.9 cm³/mol. The first-order valence-corrected chi connectivity index (χ1v) is 6.61. The van der Waals surface area contributed by atoms with E-state index in [9.17, 15) is 0 Å². The molecule has 2 rings (SSSR count). The summed E-state index contributed by atoms with van der Waals surface area (Å²) in [5.41, 5.74) is 1.73. The average molecular weight is 288 g/mol. The number of aromatic nitrogens is 2. The fraction of sp³-hybridized carbons (Fsp3) is 0.333. The lowest BCUT2D eigenvalue weighted by atomic mass is 10.2. The molecule has 1 aromatic heterocycles. The highest BCUT2D eigenvalue weighted by atomic mass is 16.5. The van der Waals surface area contributed by atoms with Crippen molar-refractivity contribution in [1.82, 2.24) is 9.97 Å². The van der Waals surface area contributed by atoms with Crippen molar-refractivity contribution in [3.05, 3.63) is 29.6 Å². The molecule has 0 fully saturated rings. The van der Waals surface area contributed by atoms with Crippen LogP contribution in [0, 0.1) is 13.8 Å². The number of rotatable bonds is 5. The Kier molecular flexibility index (Phi) is 4.47. The maximum absolute atomic E-state index is 5.37. The van der Waals surface area contributed by atoms with Crippen molar-refractivity contribution < 1.29 is 9.47 Å². The second-order valence-corrected chi connectivity index (χ2v) is 4.53. The summed E-state index contributed by atoms with van der Waals surface area (Å²) in [4.78, 5) is 8.80. The van der Waals surface area contributed by atoms with Gasteiger partial charge in [-0.25, -0.2) is 9.97 Å². The van der Waals surface area contributed by atoms with E-state index >= 15 is 0 Å².